The Morgan fingerprint density at radius 3 is 2.53 bits per heavy atom. The smallest absolute Gasteiger partial charge is 0.224 e. The van der Waals surface area contributed by atoms with Crippen LogP contribution in [0.2, 0.25) is 5.28 Å². The maximum absolute atomic E-state index is 6.02. The molecule has 0 aromatic carbocycles. The molecule has 1 aromatic heterocycles. The number of nitrogens with two attached hydrogens (primary N) is 1. The van der Waals surface area contributed by atoms with Crippen LogP contribution in [-0.4, -0.2) is 23.1 Å². The van der Waals surface area contributed by atoms with Crippen LogP contribution in [0, 0.1) is 12.8 Å². The highest BCUT2D eigenvalue weighted by atomic mass is 35.5. The van der Waals surface area contributed by atoms with E-state index in [2.05, 4.69) is 35.6 Å². The molecular formula is C12H21ClN4. The minimum absolute atomic E-state index is 0.259. The zero-order valence-electron chi connectivity index (χ0n) is 11.0. The third-order valence-electron chi connectivity index (χ3n) is 3.00. The highest BCUT2D eigenvalue weighted by Crippen LogP contribution is 2.25. The van der Waals surface area contributed by atoms with Crippen LogP contribution in [0.3, 0.4) is 0 Å². The van der Waals surface area contributed by atoms with Gasteiger partial charge < -0.3 is 10.6 Å². The summed E-state index contributed by atoms with van der Waals surface area (Å²) in [6, 6.07) is 0. The lowest BCUT2D eigenvalue weighted by molar-refractivity contribution is 0.545. The highest BCUT2D eigenvalue weighted by molar-refractivity contribution is 6.28. The normalized spacial score (nSPS) is 12.5. The summed E-state index contributed by atoms with van der Waals surface area (Å²) in [5, 5.41) is 0.259. The molecule has 2 N–H and O–H groups in total. The van der Waals surface area contributed by atoms with Gasteiger partial charge in [0.2, 0.25) is 5.28 Å². The Morgan fingerprint density at radius 2 is 2.00 bits per heavy atom. The number of aryl methyl sites for hydroxylation is 1. The lowest BCUT2D eigenvalue weighted by Crippen LogP contribution is -2.30. The van der Waals surface area contributed by atoms with Gasteiger partial charge in [0, 0.05) is 13.1 Å². The van der Waals surface area contributed by atoms with Gasteiger partial charge in [0.05, 0.1) is 11.4 Å². The number of halogens is 1. The second-order valence-electron chi connectivity index (χ2n) is 4.37. The van der Waals surface area contributed by atoms with Crippen molar-refractivity contribution in [1.29, 1.82) is 0 Å². The highest BCUT2D eigenvalue weighted by Gasteiger charge is 2.15. The van der Waals surface area contributed by atoms with E-state index in [4.69, 9.17) is 17.3 Å². The molecule has 0 radical (unpaired) electrons. The molecule has 1 aromatic rings. The van der Waals surface area contributed by atoms with Crippen LogP contribution in [0.25, 0.3) is 0 Å². The van der Waals surface area contributed by atoms with E-state index >= 15 is 0 Å². The number of aromatic nitrogens is 2. The van der Waals surface area contributed by atoms with E-state index in [-0.39, 0.29) is 5.28 Å². The van der Waals surface area contributed by atoms with Gasteiger partial charge in [-0.25, -0.2) is 4.98 Å². The number of nitrogen functional groups attached to an aromatic ring is 1. The Balaban J connectivity index is 3.03. The fourth-order valence-electron chi connectivity index (χ4n) is 1.64. The number of hydrogen-bond donors (Lipinski definition) is 1. The van der Waals surface area contributed by atoms with Crippen molar-refractivity contribution in [2.24, 2.45) is 5.92 Å². The summed E-state index contributed by atoms with van der Waals surface area (Å²) < 4.78 is 0. The maximum Gasteiger partial charge on any atom is 0.224 e. The third kappa shape index (κ3) is 3.46. The number of hydrogen-bond acceptors (Lipinski definition) is 4. The summed E-state index contributed by atoms with van der Waals surface area (Å²) in [4.78, 5) is 10.5. The minimum Gasteiger partial charge on any atom is -0.394 e. The second kappa shape index (κ2) is 6.05. The Bertz CT molecular complexity index is 381. The first kappa shape index (κ1) is 14.0. The van der Waals surface area contributed by atoms with E-state index in [9.17, 15) is 0 Å². The Kier molecular flexibility index (Phi) is 5.00. The molecule has 4 nitrogen and oxygen atoms in total. The molecule has 96 valence electrons. The molecule has 1 rings (SSSR count). The zero-order chi connectivity index (χ0) is 13.0. The summed E-state index contributed by atoms with van der Waals surface area (Å²) >= 11 is 5.89. The van der Waals surface area contributed by atoms with Crippen LogP contribution >= 0.6 is 11.6 Å². The van der Waals surface area contributed by atoms with Gasteiger partial charge in [-0.1, -0.05) is 20.3 Å². The van der Waals surface area contributed by atoms with Gasteiger partial charge in [0.25, 0.3) is 0 Å². The van der Waals surface area contributed by atoms with E-state index in [1.807, 2.05) is 6.92 Å². The van der Waals surface area contributed by atoms with E-state index in [0.717, 1.165) is 31.0 Å². The average molecular weight is 257 g/mol. The van der Waals surface area contributed by atoms with Crippen LogP contribution < -0.4 is 10.6 Å². The molecule has 1 unspecified atom stereocenters. The van der Waals surface area contributed by atoms with Gasteiger partial charge >= 0.3 is 0 Å². The van der Waals surface area contributed by atoms with Crippen molar-refractivity contribution in [3.8, 4) is 0 Å². The molecule has 1 atom stereocenters. The molecular weight excluding hydrogens is 236 g/mol. The summed E-state index contributed by atoms with van der Waals surface area (Å²) in [6.45, 7) is 10.1. The molecule has 0 aliphatic heterocycles. The number of nitrogens with zero attached hydrogens (tertiary/aromatic N) is 3. The predicted molar refractivity (Wildman–Crippen MR) is 73.5 cm³/mol. The number of rotatable bonds is 5. The lowest BCUT2D eigenvalue weighted by Gasteiger charge is -2.26. The zero-order valence-corrected chi connectivity index (χ0v) is 11.8. The van der Waals surface area contributed by atoms with Gasteiger partial charge in [-0.3, -0.25) is 0 Å². The molecule has 0 fully saturated rings. The minimum atomic E-state index is 0.259. The van der Waals surface area contributed by atoms with Crippen LogP contribution in [0.1, 0.15) is 32.9 Å². The van der Waals surface area contributed by atoms with Crippen LogP contribution in [0.4, 0.5) is 11.5 Å². The van der Waals surface area contributed by atoms with Crippen molar-refractivity contribution in [2.45, 2.75) is 34.1 Å². The van der Waals surface area contributed by atoms with Crippen molar-refractivity contribution in [3.63, 3.8) is 0 Å². The monoisotopic (exact) mass is 256 g/mol. The first-order valence-electron chi connectivity index (χ1n) is 6.04. The number of anilines is 2. The van der Waals surface area contributed by atoms with Crippen molar-refractivity contribution in [3.05, 3.63) is 11.0 Å². The van der Waals surface area contributed by atoms with Gasteiger partial charge in [0.1, 0.15) is 0 Å². The lowest BCUT2D eigenvalue weighted by atomic mass is 10.1. The molecule has 1 heterocycles. The van der Waals surface area contributed by atoms with Gasteiger partial charge in [-0.2, -0.15) is 4.98 Å². The molecule has 5 heteroatoms. The van der Waals surface area contributed by atoms with Gasteiger partial charge in [-0.15, -0.1) is 0 Å². The Labute approximate surface area is 108 Å². The SMILES string of the molecule is CCC(C)CN(CC)c1nc(Cl)nc(C)c1N. The van der Waals surface area contributed by atoms with E-state index in [1.165, 1.54) is 0 Å². The maximum atomic E-state index is 6.02. The van der Waals surface area contributed by atoms with Gasteiger partial charge in [-0.05, 0) is 31.4 Å². The van der Waals surface area contributed by atoms with E-state index in [1.54, 1.807) is 0 Å². The predicted octanol–water partition coefficient (Wildman–Crippen LogP) is 2.89. The van der Waals surface area contributed by atoms with Gasteiger partial charge in [0.15, 0.2) is 5.82 Å². The largest absolute Gasteiger partial charge is 0.394 e. The molecule has 0 saturated carbocycles. The summed E-state index contributed by atoms with van der Waals surface area (Å²) in [5.74, 6) is 1.36. The molecule has 0 aliphatic rings. The summed E-state index contributed by atoms with van der Waals surface area (Å²) in [5.41, 5.74) is 7.38. The third-order valence-corrected chi connectivity index (χ3v) is 3.17. The topological polar surface area (TPSA) is 55.0 Å². The first-order valence-corrected chi connectivity index (χ1v) is 6.41. The molecule has 0 amide bonds. The van der Waals surface area contributed by atoms with E-state index < -0.39 is 0 Å². The van der Waals surface area contributed by atoms with Crippen molar-refractivity contribution in [2.75, 3.05) is 23.7 Å². The van der Waals surface area contributed by atoms with Crippen molar-refractivity contribution < 1.29 is 0 Å². The second-order valence-corrected chi connectivity index (χ2v) is 4.71. The van der Waals surface area contributed by atoms with Crippen molar-refractivity contribution >= 4 is 23.1 Å². The summed E-state index contributed by atoms with van der Waals surface area (Å²) in [7, 11) is 0. The van der Waals surface area contributed by atoms with Crippen molar-refractivity contribution in [1.82, 2.24) is 9.97 Å². The Hall–Kier alpha value is -1.03. The Morgan fingerprint density at radius 1 is 1.35 bits per heavy atom. The fraction of sp³-hybridized carbons (Fsp3) is 0.667. The standard InChI is InChI=1S/C12H21ClN4/c1-5-8(3)7-17(6-2)11-10(14)9(4)15-12(13)16-11/h8H,5-7,14H2,1-4H3. The molecule has 0 saturated heterocycles. The molecule has 0 aliphatic carbocycles. The summed E-state index contributed by atoms with van der Waals surface area (Å²) in [6.07, 6.45) is 1.13. The quantitative estimate of drug-likeness (QED) is 0.823. The van der Waals surface area contributed by atoms with Crippen LogP contribution in [0.15, 0.2) is 0 Å². The average Bonchev–Trinajstić information content (AvgIpc) is 2.30. The van der Waals surface area contributed by atoms with Crippen LogP contribution in [-0.2, 0) is 0 Å². The first-order chi connectivity index (χ1) is 7.99. The van der Waals surface area contributed by atoms with Crippen LogP contribution in [0.5, 0.6) is 0 Å². The molecule has 0 spiro atoms. The molecule has 0 bridgehead atoms. The molecule has 17 heavy (non-hydrogen) atoms. The van der Waals surface area contributed by atoms with E-state index in [0.29, 0.717) is 11.6 Å². The fourth-order valence-corrected chi connectivity index (χ4v) is 1.85.